The predicted molar refractivity (Wildman–Crippen MR) is 85.8 cm³/mol. The standard InChI is InChI=1S/C18H18N2O3/c1-2-21-13-17-19-18(20-23-17)16-11-7-6-8-14(16)12-22-15-9-4-3-5-10-15/h3-11H,2,12-13H2,1H3. The van der Waals surface area contributed by atoms with Crippen LogP contribution in [0.3, 0.4) is 0 Å². The molecule has 0 atom stereocenters. The summed E-state index contributed by atoms with van der Waals surface area (Å²) in [7, 11) is 0. The summed E-state index contributed by atoms with van der Waals surface area (Å²) in [6.07, 6.45) is 0. The number of hydrogen-bond donors (Lipinski definition) is 0. The molecule has 0 aliphatic rings. The van der Waals surface area contributed by atoms with E-state index in [4.69, 9.17) is 14.0 Å². The van der Waals surface area contributed by atoms with Crippen LogP contribution in [0.5, 0.6) is 5.75 Å². The molecule has 0 saturated carbocycles. The Bertz CT molecular complexity index is 741. The van der Waals surface area contributed by atoms with Gasteiger partial charge in [0.25, 0.3) is 5.89 Å². The van der Waals surface area contributed by atoms with Crippen LogP contribution < -0.4 is 4.74 Å². The van der Waals surface area contributed by atoms with Crippen molar-refractivity contribution in [2.45, 2.75) is 20.1 Å². The first-order valence-corrected chi connectivity index (χ1v) is 7.53. The first-order valence-electron chi connectivity index (χ1n) is 7.53. The number of rotatable bonds is 7. The largest absolute Gasteiger partial charge is 0.489 e. The van der Waals surface area contributed by atoms with Crippen LogP contribution in [0.15, 0.2) is 59.1 Å². The van der Waals surface area contributed by atoms with Crippen molar-refractivity contribution < 1.29 is 14.0 Å². The van der Waals surface area contributed by atoms with Crippen LogP contribution in [0.4, 0.5) is 0 Å². The van der Waals surface area contributed by atoms with Crippen molar-refractivity contribution in [3.05, 3.63) is 66.1 Å². The van der Waals surface area contributed by atoms with E-state index >= 15 is 0 Å². The Kier molecular flexibility index (Phi) is 5.01. The Morgan fingerprint density at radius 3 is 2.57 bits per heavy atom. The average molecular weight is 310 g/mol. The molecule has 1 aromatic heterocycles. The van der Waals surface area contributed by atoms with E-state index in [0.717, 1.165) is 16.9 Å². The van der Waals surface area contributed by atoms with Crippen LogP contribution in [0.2, 0.25) is 0 Å². The van der Waals surface area contributed by atoms with Crippen LogP contribution in [-0.2, 0) is 18.0 Å². The molecule has 118 valence electrons. The van der Waals surface area contributed by atoms with Crippen molar-refractivity contribution in [3.63, 3.8) is 0 Å². The highest BCUT2D eigenvalue weighted by molar-refractivity contribution is 5.59. The first-order chi connectivity index (χ1) is 11.4. The van der Waals surface area contributed by atoms with Crippen molar-refractivity contribution in [2.24, 2.45) is 0 Å². The Morgan fingerprint density at radius 1 is 0.957 bits per heavy atom. The summed E-state index contributed by atoms with van der Waals surface area (Å²) in [6, 6.07) is 17.6. The maximum atomic E-state index is 5.82. The van der Waals surface area contributed by atoms with Crippen molar-refractivity contribution in [3.8, 4) is 17.1 Å². The summed E-state index contributed by atoms with van der Waals surface area (Å²) in [5.41, 5.74) is 1.90. The fourth-order valence-electron chi connectivity index (χ4n) is 2.15. The fourth-order valence-corrected chi connectivity index (χ4v) is 2.15. The minimum atomic E-state index is 0.326. The predicted octanol–water partition coefficient (Wildman–Crippen LogP) is 3.85. The van der Waals surface area contributed by atoms with Gasteiger partial charge in [-0.15, -0.1) is 0 Å². The van der Waals surface area contributed by atoms with Gasteiger partial charge in [0.05, 0.1) is 0 Å². The van der Waals surface area contributed by atoms with Gasteiger partial charge in [-0.2, -0.15) is 4.98 Å². The van der Waals surface area contributed by atoms with Gasteiger partial charge in [-0.1, -0.05) is 47.6 Å². The summed E-state index contributed by atoms with van der Waals surface area (Å²) in [5.74, 6) is 1.85. The third kappa shape index (κ3) is 3.96. The van der Waals surface area contributed by atoms with E-state index in [9.17, 15) is 0 Å². The number of nitrogens with zero attached hydrogens (tertiary/aromatic N) is 2. The highest BCUT2D eigenvalue weighted by Gasteiger charge is 2.12. The summed E-state index contributed by atoms with van der Waals surface area (Å²) in [6.45, 7) is 3.30. The van der Waals surface area contributed by atoms with Gasteiger partial charge < -0.3 is 14.0 Å². The topological polar surface area (TPSA) is 57.4 Å². The highest BCUT2D eigenvalue weighted by atomic mass is 16.5. The highest BCUT2D eigenvalue weighted by Crippen LogP contribution is 2.22. The van der Waals surface area contributed by atoms with Crippen molar-refractivity contribution in [2.75, 3.05) is 6.61 Å². The van der Waals surface area contributed by atoms with Gasteiger partial charge in [0.15, 0.2) is 0 Å². The first kappa shape index (κ1) is 15.2. The number of ether oxygens (including phenoxy) is 2. The van der Waals surface area contributed by atoms with Gasteiger partial charge >= 0.3 is 0 Å². The maximum absolute atomic E-state index is 5.82. The molecule has 0 radical (unpaired) electrons. The zero-order valence-corrected chi connectivity index (χ0v) is 12.9. The SMILES string of the molecule is CCOCc1nc(-c2ccccc2COc2ccccc2)no1. The third-order valence-electron chi connectivity index (χ3n) is 3.29. The minimum absolute atomic E-state index is 0.326. The lowest BCUT2D eigenvalue weighted by Crippen LogP contribution is -1.98. The molecule has 0 unspecified atom stereocenters. The zero-order chi connectivity index (χ0) is 15.9. The molecule has 0 N–H and O–H groups in total. The summed E-state index contributed by atoms with van der Waals surface area (Å²) in [5, 5.41) is 4.03. The van der Waals surface area contributed by atoms with Crippen LogP contribution >= 0.6 is 0 Å². The number of hydrogen-bond acceptors (Lipinski definition) is 5. The van der Waals surface area contributed by atoms with E-state index in [1.165, 1.54) is 0 Å². The smallest absolute Gasteiger partial charge is 0.252 e. The van der Waals surface area contributed by atoms with Crippen LogP contribution in [-0.4, -0.2) is 16.7 Å². The second-order valence-electron chi connectivity index (χ2n) is 4.91. The molecular weight excluding hydrogens is 292 g/mol. The Labute approximate surface area is 134 Å². The van der Waals surface area contributed by atoms with E-state index in [1.807, 2.05) is 61.5 Å². The molecule has 1 heterocycles. The van der Waals surface area contributed by atoms with Gasteiger partial charge in [-0.25, -0.2) is 0 Å². The van der Waals surface area contributed by atoms with E-state index in [-0.39, 0.29) is 0 Å². The molecule has 0 bridgehead atoms. The Balaban J connectivity index is 1.76. The molecule has 0 amide bonds. The Morgan fingerprint density at radius 2 is 1.74 bits per heavy atom. The molecule has 2 aromatic carbocycles. The second-order valence-corrected chi connectivity index (χ2v) is 4.91. The number of benzene rings is 2. The lowest BCUT2D eigenvalue weighted by Gasteiger charge is -2.08. The van der Waals surface area contributed by atoms with Gasteiger partial charge in [-0.3, -0.25) is 0 Å². The fraction of sp³-hybridized carbons (Fsp3) is 0.222. The van der Waals surface area contributed by atoms with Gasteiger partial charge in [0, 0.05) is 17.7 Å². The molecule has 0 saturated heterocycles. The molecule has 0 spiro atoms. The summed E-state index contributed by atoms with van der Waals surface area (Å²) >= 11 is 0. The van der Waals surface area contributed by atoms with Gasteiger partial charge in [0.1, 0.15) is 19.0 Å². The molecule has 0 aliphatic carbocycles. The second kappa shape index (κ2) is 7.56. The quantitative estimate of drug-likeness (QED) is 0.663. The molecule has 3 aromatic rings. The monoisotopic (exact) mass is 310 g/mol. The van der Waals surface area contributed by atoms with E-state index in [1.54, 1.807) is 0 Å². The molecule has 23 heavy (non-hydrogen) atoms. The molecule has 5 nitrogen and oxygen atoms in total. The van der Waals surface area contributed by atoms with Gasteiger partial charge in [-0.05, 0) is 19.1 Å². The number of aromatic nitrogens is 2. The molecule has 0 fully saturated rings. The van der Waals surface area contributed by atoms with Crippen molar-refractivity contribution >= 4 is 0 Å². The lowest BCUT2D eigenvalue weighted by molar-refractivity contribution is 0.109. The normalized spacial score (nSPS) is 10.7. The Hall–Kier alpha value is -2.66. The van der Waals surface area contributed by atoms with Crippen LogP contribution in [0.1, 0.15) is 18.4 Å². The molecular formula is C18H18N2O3. The summed E-state index contributed by atoms with van der Waals surface area (Å²) < 4.78 is 16.3. The van der Waals surface area contributed by atoms with E-state index in [2.05, 4.69) is 10.1 Å². The van der Waals surface area contributed by atoms with Gasteiger partial charge in [0.2, 0.25) is 5.82 Å². The average Bonchev–Trinajstić information content (AvgIpc) is 3.08. The van der Waals surface area contributed by atoms with E-state index < -0.39 is 0 Å². The third-order valence-corrected chi connectivity index (χ3v) is 3.29. The molecule has 0 aliphatic heterocycles. The summed E-state index contributed by atoms with van der Waals surface area (Å²) in [4.78, 5) is 4.38. The molecule has 5 heteroatoms. The molecule has 3 rings (SSSR count). The van der Waals surface area contributed by atoms with Crippen LogP contribution in [0.25, 0.3) is 11.4 Å². The van der Waals surface area contributed by atoms with Crippen molar-refractivity contribution in [1.82, 2.24) is 10.1 Å². The lowest BCUT2D eigenvalue weighted by atomic mass is 10.1. The minimum Gasteiger partial charge on any atom is -0.489 e. The maximum Gasteiger partial charge on any atom is 0.252 e. The zero-order valence-electron chi connectivity index (χ0n) is 12.9. The van der Waals surface area contributed by atoms with Crippen molar-refractivity contribution in [1.29, 1.82) is 0 Å². The van der Waals surface area contributed by atoms with Crippen LogP contribution in [0, 0.1) is 0 Å². The van der Waals surface area contributed by atoms with E-state index in [0.29, 0.717) is 31.5 Å². The number of para-hydroxylation sites is 1.